The molecule has 0 bridgehead atoms. The Morgan fingerprint density at radius 1 is 1.29 bits per heavy atom. The van der Waals surface area contributed by atoms with Crippen molar-refractivity contribution in [2.24, 2.45) is 0 Å². The summed E-state index contributed by atoms with van der Waals surface area (Å²) in [7, 11) is -3.18. The molecule has 17 heavy (non-hydrogen) atoms. The standard InChI is InChI=1S/C10H17N3O3S/c14-10-3-7(6-13(10)8-4-11-5-8)12-17(15,16)9-1-2-9/h7-9,11-12H,1-6H2. The molecule has 0 radical (unpaired) electrons. The topological polar surface area (TPSA) is 78.5 Å². The first-order valence-corrected chi connectivity index (χ1v) is 7.62. The summed E-state index contributed by atoms with van der Waals surface area (Å²) in [5.74, 6) is 0.0694. The highest BCUT2D eigenvalue weighted by molar-refractivity contribution is 7.90. The number of sulfonamides is 1. The van der Waals surface area contributed by atoms with Crippen molar-refractivity contribution < 1.29 is 13.2 Å². The zero-order chi connectivity index (χ0) is 12.0. The lowest BCUT2D eigenvalue weighted by molar-refractivity contribution is -0.130. The molecule has 2 N–H and O–H groups in total. The van der Waals surface area contributed by atoms with Gasteiger partial charge in [0.25, 0.3) is 0 Å². The van der Waals surface area contributed by atoms with Crippen molar-refractivity contribution in [3.05, 3.63) is 0 Å². The van der Waals surface area contributed by atoms with Gasteiger partial charge in [0.1, 0.15) is 0 Å². The molecule has 7 heteroatoms. The maximum absolute atomic E-state index is 11.8. The third-order valence-corrected chi connectivity index (χ3v) is 5.66. The van der Waals surface area contributed by atoms with Gasteiger partial charge in [-0.25, -0.2) is 13.1 Å². The van der Waals surface area contributed by atoms with Crippen molar-refractivity contribution in [3.63, 3.8) is 0 Å². The van der Waals surface area contributed by atoms with E-state index in [-0.39, 0.29) is 23.2 Å². The first-order valence-electron chi connectivity index (χ1n) is 6.07. The van der Waals surface area contributed by atoms with Crippen LogP contribution in [-0.4, -0.2) is 56.2 Å². The van der Waals surface area contributed by atoms with Gasteiger partial charge in [-0.1, -0.05) is 0 Å². The maximum Gasteiger partial charge on any atom is 0.224 e. The van der Waals surface area contributed by atoms with E-state index in [4.69, 9.17) is 0 Å². The third kappa shape index (κ3) is 2.19. The Morgan fingerprint density at radius 3 is 2.53 bits per heavy atom. The highest BCUT2D eigenvalue weighted by atomic mass is 32.2. The van der Waals surface area contributed by atoms with Crippen LogP contribution in [-0.2, 0) is 14.8 Å². The average Bonchev–Trinajstić information content (AvgIpc) is 2.92. The second kappa shape index (κ2) is 3.93. The van der Waals surface area contributed by atoms with Crippen molar-refractivity contribution in [3.8, 4) is 0 Å². The van der Waals surface area contributed by atoms with Crippen molar-refractivity contribution in [1.82, 2.24) is 14.9 Å². The zero-order valence-corrected chi connectivity index (χ0v) is 10.4. The molecule has 0 spiro atoms. The van der Waals surface area contributed by atoms with Gasteiger partial charge in [-0.05, 0) is 12.8 Å². The fraction of sp³-hybridized carbons (Fsp3) is 0.900. The average molecular weight is 259 g/mol. The van der Waals surface area contributed by atoms with Gasteiger partial charge in [0.2, 0.25) is 15.9 Å². The summed E-state index contributed by atoms with van der Waals surface area (Å²) in [6.07, 6.45) is 1.82. The summed E-state index contributed by atoms with van der Waals surface area (Å²) in [6, 6.07) is 0.0339. The molecule has 2 heterocycles. The number of amides is 1. The molecule has 3 fully saturated rings. The number of hydrogen-bond donors (Lipinski definition) is 2. The van der Waals surface area contributed by atoms with E-state index in [0.717, 1.165) is 25.9 Å². The summed E-state index contributed by atoms with van der Waals surface area (Å²) >= 11 is 0. The molecule has 1 aliphatic carbocycles. The van der Waals surface area contributed by atoms with E-state index in [1.54, 1.807) is 4.90 Å². The summed E-state index contributed by atoms with van der Waals surface area (Å²) in [5, 5.41) is 2.91. The Morgan fingerprint density at radius 2 is 2.00 bits per heavy atom. The van der Waals surface area contributed by atoms with Crippen LogP contribution in [0.2, 0.25) is 0 Å². The van der Waals surface area contributed by atoms with Crippen LogP contribution in [0.3, 0.4) is 0 Å². The summed E-state index contributed by atoms with van der Waals surface area (Å²) in [6.45, 7) is 2.18. The van der Waals surface area contributed by atoms with Crippen LogP contribution >= 0.6 is 0 Å². The minimum Gasteiger partial charge on any atom is -0.335 e. The maximum atomic E-state index is 11.8. The molecule has 96 valence electrons. The van der Waals surface area contributed by atoms with Crippen LogP contribution in [0.25, 0.3) is 0 Å². The van der Waals surface area contributed by atoms with Gasteiger partial charge in [-0.2, -0.15) is 0 Å². The third-order valence-electron chi connectivity index (χ3n) is 3.65. The zero-order valence-electron chi connectivity index (χ0n) is 9.55. The van der Waals surface area contributed by atoms with Gasteiger partial charge in [0.15, 0.2) is 0 Å². The molecule has 6 nitrogen and oxygen atoms in total. The predicted molar refractivity (Wildman–Crippen MR) is 61.9 cm³/mol. The first-order chi connectivity index (χ1) is 8.06. The molecular formula is C10H17N3O3S. The quantitative estimate of drug-likeness (QED) is 0.654. The molecule has 1 unspecified atom stereocenters. The van der Waals surface area contributed by atoms with Crippen LogP contribution in [0.5, 0.6) is 0 Å². The molecule has 3 rings (SSSR count). The molecule has 1 atom stereocenters. The van der Waals surface area contributed by atoms with E-state index < -0.39 is 10.0 Å². The van der Waals surface area contributed by atoms with Gasteiger partial charge < -0.3 is 10.2 Å². The van der Waals surface area contributed by atoms with E-state index >= 15 is 0 Å². The smallest absolute Gasteiger partial charge is 0.224 e. The van der Waals surface area contributed by atoms with Crippen molar-refractivity contribution in [2.75, 3.05) is 19.6 Å². The Labute approximate surface area is 101 Å². The predicted octanol–water partition coefficient (Wildman–Crippen LogP) is -1.36. The number of carbonyl (C=O) groups is 1. The molecule has 1 amide bonds. The molecule has 0 aromatic rings. The van der Waals surface area contributed by atoms with Crippen LogP contribution in [0.4, 0.5) is 0 Å². The van der Waals surface area contributed by atoms with Crippen molar-refractivity contribution in [1.29, 1.82) is 0 Å². The molecule has 2 aliphatic heterocycles. The minimum atomic E-state index is -3.18. The van der Waals surface area contributed by atoms with E-state index in [1.807, 2.05) is 0 Å². The molecule has 3 aliphatic rings. The van der Waals surface area contributed by atoms with Gasteiger partial charge in [0.05, 0.1) is 11.3 Å². The minimum absolute atomic E-state index is 0.0694. The van der Waals surface area contributed by atoms with E-state index in [0.29, 0.717) is 13.0 Å². The van der Waals surface area contributed by atoms with Crippen LogP contribution in [0.1, 0.15) is 19.3 Å². The SMILES string of the molecule is O=C1CC(NS(=O)(=O)C2CC2)CN1C1CNC1. The Balaban J connectivity index is 1.60. The number of nitrogens with zero attached hydrogens (tertiary/aromatic N) is 1. The number of carbonyl (C=O) groups excluding carboxylic acids is 1. The lowest BCUT2D eigenvalue weighted by Crippen LogP contribution is -2.58. The van der Waals surface area contributed by atoms with E-state index in [9.17, 15) is 13.2 Å². The highest BCUT2D eigenvalue weighted by Crippen LogP contribution is 2.28. The van der Waals surface area contributed by atoms with Gasteiger partial charge in [0, 0.05) is 32.1 Å². The fourth-order valence-corrected chi connectivity index (χ4v) is 3.94. The molecular weight excluding hydrogens is 242 g/mol. The summed E-state index contributed by atoms with van der Waals surface area (Å²) in [4.78, 5) is 13.6. The Hall–Kier alpha value is -0.660. The molecule has 0 aromatic heterocycles. The van der Waals surface area contributed by atoms with Crippen molar-refractivity contribution >= 4 is 15.9 Å². The normalized spacial score (nSPS) is 30.7. The van der Waals surface area contributed by atoms with Gasteiger partial charge in [-0.15, -0.1) is 0 Å². The van der Waals surface area contributed by atoms with E-state index in [2.05, 4.69) is 10.0 Å². The van der Waals surface area contributed by atoms with Crippen LogP contribution < -0.4 is 10.0 Å². The molecule has 2 saturated heterocycles. The lowest BCUT2D eigenvalue weighted by atomic mass is 10.1. The molecule has 1 saturated carbocycles. The molecule has 0 aromatic carbocycles. The summed E-state index contributed by atoms with van der Waals surface area (Å²) in [5.41, 5.74) is 0. The monoisotopic (exact) mass is 259 g/mol. The summed E-state index contributed by atoms with van der Waals surface area (Å²) < 4.78 is 26.2. The van der Waals surface area contributed by atoms with Gasteiger partial charge >= 0.3 is 0 Å². The van der Waals surface area contributed by atoms with Crippen LogP contribution in [0, 0.1) is 0 Å². The van der Waals surface area contributed by atoms with E-state index in [1.165, 1.54) is 0 Å². The van der Waals surface area contributed by atoms with Crippen molar-refractivity contribution in [2.45, 2.75) is 36.6 Å². The first kappa shape index (κ1) is 11.4. The largest absolute Gasteiger partial charge is 0.335 e. The lowest BCUT2D eigenvalue weighted by Gasteiger charge is -2.35. The van der Waals surface area contributed by atoms with Crippen LogP contribution in [0.15, 0.2) is 0 Å². The second-order valence-corrected chi connectivity index (χ2v) is 7.11. The Kier molecular flexibility index (Phi) is 2.64. The Bertz CT molecular complexity index is 428. The highest BCUT2D eigenvalue weighted by Gasteiger charge is 2.41. The number of rotatable bonds is 4. The number of nitrogens with one attached hydrogen (secondary N) is 2. The van der Waals surface area contributed by atoms with Gasteiger partial charge in [-0.3, -0.25) is 4.79 Å². The second-order valence-electron chi connectivity index (χ2n) is 5.12. The number of likely N-dealkylation sites (tertiary alicyclic amines) is 1. The number of hydrogen-bond acceptors (Lipinski definition) is 4. The fourth-order valence-electron chi connectivity index (χ4n) is 2.36.